The van der Waals surface area contributed by atoms with Gasteiger partial charge in [-0.3, -0.25) is 4.79 Å². The van der Waals surface area contributed by atoms with Crippen molar-refractivity contribution in [3.8, 4) is 5.75 Å². The number of carbonyl (C=O) groups excluding carboxylic acids is 1. The third-order valence-electron chi connectivity index (χ3n) is 3.36. The Labute approximate surface area is 124 Å². The number of hydrogen-bond donors (Lipinski definition) is 2. The Bertz CT molecular complexity index is 640. The van der Waals surface area contributed by atoms with Gasteiger partial charge in [-0.15, -0.1) is 0 Å². The van der Waals surface area contributed by atoms with E-state index < -0.39 is 5.60 Å². The van der Waals surface area contributed by atoms with E-state index in [1.54, 1.807) is 32.9 Å². The zero-order valence-electron chi connectivity index (χ0n) is 12.9. The molecule has 0 aliphatic carbocycles. The van der Waals surface area contributed by atoms with Gasteiger partial charge in [-0.25, -0.2) is 0 Å². The number of ether oxygens (including phenoxy) is 1. The molecule has 0 atom stereocenters. The fourth-order valence-corrected chi connectivity index (χ4v) is 2.50. The quantitative estimate of drug-likeness (QED) is 0.884. The molecule has 21 heavy (non-hydrogen) atoms. The van der Waals surface area contributed by atoms with E-state index in [2.05, 4.69) is 4.98 Å². The number of fused-ring (bicyclic) bond motifs is 1. The minimum absolute atomic E-state index is 0.0380. The molecule has 0 aliphatic rings. The average molecular weight is 290 g/mol. The summed E-state index contributed by atoms with van der Waals surface area (Å²) in [7, 11) is 3.32. The van der Waals surface area contributed by atoms with Gasteiger partial charge in [-0.2, -0.15) is 0 Å². The van der Waals surface area contributed by atoms with Crippen molar-refractivity contribution in [2.24, 2.45) is 0 Å². The van der Waals surface area contributed by atoms with Gasteiger partial charge in [0.05, 0.1) is 19.1 Å². The number of hydrogen-bond acceptors (Lipinski definition) is 3. The van der Waals surface area contributed by atoms with Crippen LogP contribution in [-0.4, -0.2) is 47.2 Å². The Hall–Kier alpha value is -2.01. The standard InChI is InChI=1S/C16H22N2O3/c1-16(2,20)10-18(3)14(19)8-11-9-17-12-6-5-7-13(21-4)15(11)12/h5-7,9,17,20H,8,10H2,1-4H3. The molecular formula is C16H22N2O3. The minimum Gasteiger partial charge on any atom is -0.496 e. The maximum atomic E-state index is 12.3. The second-order valence-corrected chi connectivity index (χ2v) is 5.94. The lowest BCUT2D eigenvalue weighted by molar-refractivity contribution is -0.131. The zero-order valence-corrected chi connectivity index (χ0v) is 12.9. The molecule has 5 heteroatoms. The first-order valence-corrected chi connectivity index (χ1v) is 6.91. The Balaban J connectivity index is 2.22. The van der Waals surface area contributed by atoms with Crippen LogP contribution in [0, 0.1) is 0 Å². The summed E-state index contributed by atoms with van der Waals surface area (Å²) in [6, 6.07) is 5.74. The number of nitrogens with zero attached hydrogens (tertiary/aromatic N) is 1. The van der Waals surface area contributed by atoms with Gasteiger partial charge in [0.15, 0.2) is 0 Å². The first kappa shape index (κ1) is 15.4. The molecular weight excluding hydrogens is 268 g/mol. The number of methoxy groups -OCH3 is 1. The maximum absolute atomic E-state index is 12.3. The largest absolute Gasteiger partial charge is 0.496 e. The molecule has 1 amide bonds. The van der Waals surface area contributed by atoms with E-state index >= 15 is 0 Å². The lowest BCUT2D eigenvalue weighted by atomic mass is 10.1. The summed E-state index contributed by atoms with van der Waals surface area (Å²) in [5, 5.41) is 10.7. The fraction of sp³-hybridized carbons (Fsp3) is 0.438. The normalized spacial score (nSPS) is 11.7. The highest BCUT2D eigenvalue weighted by atomic mass is 16.5. The van der Waals surface area contributed by atoms with Crippen molar-refractivity contribution in [1.82, 2.24) is 9.88 Å². The molecule has 0 unspecified atom stereocenters. The summed E-state index contributed by atoms with van der Waals surface area (Å²) < 4.78 is 5.36. The molecule has 0 fully saturated rings. The van der Waals surface area contributed by atoms with Crippen LogP contribution >= 0.6 is 0 Å². The highest BCUT2D eigenvalue weighted by molar-refractivity contribution is 5.93. The van der Waals surface area contributed by atoms with Crippen LogP contribution in [0.25, 0.3) is 10.9 Å². The summed E-state index contributed by atoms with van der Waals surface area (Å²) in [5.41, 5.74) is 0.944. The van der Waals surface area contributed by atoms with Crippen molar-refractivity contribution >= 4 is 16.8 Å². The zero-order chi connectivity index (χ0) is 15.6. The van der Waals surface area contributed by atoms with E-state index in [9.17, 15) is 9.90 Å². The highest BCUT2D eigenvalue weighted by Gasteiger charge is 2.20. The Morgan fingerprint density at radius 1 is 1.43 bits per heavy atom. The van der Waals surface area contributed by atoms with Crippen LogP contribution in [0.4, 0.5) is 0 Å². The predicted octanol–water partition coefficient (Wildman–Crippen LogP) is 1.95. The third-order valence-corrected chi connectivity index (χ3v) is 3.36. The molecule has 0 aliphatic heterocycles. The Morgan fingerprint density at radius 2 is 2.14 bits per heavy atom. The molecule has 2 rings (SSSR count). The number of aromatic nitrogens is 1. The number of aliphatic hydroxyl groups is 1. The summed E-state index contributed by atoms with van der Waals surface area (Å²) >= 11 is 0. The smallest absolute Gasteiger partial charge is 0.226 e. The van der Waals surface area contributed by atoms with Gasteiger partial charge in [0.2, 0.25) is 5.91 Å². The molecule has 1 heterocycles. The minimum atomic E-state index is -0.900. The van der Waals surface area contributed by atoms with Crippen molar-refractivity contribution < 1.29 is 14.6 Å². The number of carbonyl (C=O) groups is 1. The monoisotopic (exact) mass is 290 g/mol. The molecule has 114 valence electrons. The molecule has 0 radical (unpaired) electrons. The van der Waals surface area contributed by atoms with Crippen LogP contribution in [0.2, 0.25) is 0 Å². The number of rotatable bonds is 5. The average Bonchev–Trinajstić information content (AvgIpc) is 2.80. The lowest BCUT2D eigenvalue weighted by Crippen LogP contribution is -2.40. The van der Waals surface area contributed by atoms with Gasteiger partial charge < -0.3 is 19.7 Å². The fourth-order valence-electron chi connectivity index (χ4n) is 2.50. The van der Waals surface area contributed by atoms with Crippen molar-refractivity contribution in [3.05, 3.63) is 30.0 Å². The molecule has 1 aromatic heterocycles. The summed E-state index contributed by atoms with van der Waals surface area (Å²) in [4.78, 5) is 17.0. The number of H-pyrrole nitrogens is 1. The Kier molecular flexibility index (Phi) is 4.23. The van der Waals surface area contributed by atoms with E-state index in [1.807, 2.05) is 24.4 Å². The summed E-state index contributed by atoms with van der Waals surface area (Å²) in [6.07, 6.45) is 2.11. The second-order valence-electron chi connectivity index (χ2n) is 5.94. The van der Waals surface area contributed by atoms with Gasteiger partial charge in [0.1, 0.15) is 5.75 Å². The van der Waals surface area contributed by atoms with E-state index in [0.717, 1.165) is 22.2 Å². The highest BCUT2D eigenvalue weighted by Crippen LogP contribution is 2.29. The lowest BCUT2D eigenvalue weighted by Gasteiger charge is -2.25. The van der Waals surface area contributed by atoms with Gasteiger partial charge in [-0.05, 0) is 31.5 Å². The van der Waals surface area contributed by atoms with Gasteiger partial charge in [0, 0.05) is 30.7 Å². The number of amides is 1. The molecule has 0 bridgehead atoms. The molecule has 0 saturated heterocycles. The van der Waals surface area contributed by atoms with E-state index in [-0.39, 0.29) is 12.3 Å². The Morgan fingerprint density at radius 3 is 2.76 bits per heavy atom. The van der Waals surface area contributed by atoms with Crippen LogP contribution < -0.4 is 4.74 Å². The van der Waals surface area contributed by atoms with Crippen molar-refractivity contribution in [1.29, 1.82) is 0 Å². The van der Waals surface area contributed by atoms with Crippen molar-refractivity contribution in [2.45, 2.75) is 25.9 Å². The molecule has 1 aromatic carbocycles. The topological polar surface area (TPSA) is 65.6 Å². The van der Waals surface area contributed by atoms with E-state index in [4.69, 9.17) is 4.74 Å². The van der Waals surface area contributed by atoms with Crippen LogP contribution in [0.1, 0.15) is 19.4 Å². The molecule has 5 nitrogen and oxygen atoms in total. The number of nitrogens with one attached hydrogen (secondary N) is 1. The third kappa shape index (κ3) is 3.55. The molecule has 2 aromatic rings. The number of likely N-dealkylation sites (N-methyl/N-ethyl adjacent to an activating group) is 1. The maximum Gasteiger partial charge on any atom is 0.226 e. The number of benzene rings is 1. The van der Waals surface area contributed by atoms with Gasteiger partial charge in [0.25, 0.3) is 0 Å². The SMILES string of the molecule is COc1cccc2[nH]cc(CC(=O)N(C)CC(C)(C)O)c12. The van der Waals surface area contributed by atoms with Crippen molar-refractivity contribution in [3.63, 3.8) is 0 Å². The summed E-state index contributed by atoms with van der Waals surface area (Å²) in [6.45, 7) is 3.67. The van der Waals surface area contributed by atoms with Crippen LogP contribution in [0.15, 0.2) is 24.4 Å². The molecule has 2 N–H and O–H groups in total. The van der Waals surface area contributed by atoms with Crippen LogP contribution in [-0.2, 0) is 11.2 Å². The first-order chi connectivity index (χ1) is 9.81. The van der Waals surface area contributed by atoms with E-state index in [1.165, 1.54) is 0 Å². The second kappa shape index (κ2) is 5.77. The van der Waals surface area contributed by atoms with Crippen LogP contribution in [0.3, 0.4) is 0 Å². The first-order valence-electron chi connectivity index (χ1n) is 6.91. The van der Waals surface area contributed by atoms with Gasteiger partial charge >= 0.3 is 0 Å². The molecule has 0 spiro atoms. The van der Waals surface area contributed by atoms with E-state index in [0.29, 0.717) is 6.54 Å². The summed E-state index contributed by atoms with van der Waals surface area (Å²) in [5.74, 6) is 0.714. The predicted molar refractivity (Wildman–Crippen MR) is 82.5 cm³/mol. The molecule has 0 saturated carbocycles. The van der Waals surface area contributed by atoms with Crippen molar-refractivity contribution in [2.75, 3.05) is 20.7 Å². The van der Waals surface area contributed by atoms with Gasteiger partial charge in [-0.1, -0.05) is 6.07 Å². The van der Waals surface area contributed by atoms with Crippen LogP contribution in [0.5, 0.6) is 5.75 Å². The number of aromatic amines is 1.